The highest BCUT2D eigenvalue weighted by Gasteiger charge is 2.28. The van der Waals surface area contributed by atoms with Gasteiger partial charge in [0.2, 0.25) is 0 Å². The number of aliphatic carboxylic acids is 1. The number of piperidine rings is 1. The van der Waals surface area contributed by atoms with Crippen molar-refractivity contribution >= 4 is 12.0 Å². The molecule has 1 unspecified atom stereocenters. The smallest absolute Gasteiger partial charge is 0.317 e. The molecule has 18 heavy (non-hydrogen) atoms. The van der Waals surface area contributed by atoms with Crippen molar-refractivity contribution < 1.29 is 14.7 Å². The Labute approximate surface area is 107 Å². The van der Waals surface area contributed by atoms with Gasteiger partial charge in [0.1, 0.15) is 0 Å². The minimum Gasteiger partial charge on any atom is -0.481 e. The molecule has 2 fully saturated rings. The number of carboxylic acids is 1. The summed E-state index contributed by atoms with van der Waals surface area (Å²) in [4.78, 5) is 24.4. The molecule has 0 bridgehead atoms. The topological polar surface area (TPSA) is 81.7 Å². The number of carbonyl (C=O) groups excluding carboxylic acids is 1. The number of hydrogen-bond acceptors (Lipinski definition) is 3. The Morgan fingerprint density at radius 2 is 2.00 bits per heavy atom. The van der Waals surface area contributed by atoms with E-state index in [-0.39, 0.29) is 24.4 Å². The SMILES string of the molecule is O=C(O)CC1CCN(C(=O)NC2CCNCC2)C1. The molecule has 0 aromatic heterocycles. The zero-order chi connectivity index (χ0) is 13.0. The van der Waals surface area contributed by atoms with E-state index in [4.69, 9.17) is 5.11 Å². The van der Waals surface area contributed by atoms with E-state index in [0.29, 0.717) is 13.1 Å². The average Bonchev–Trinajstić information content (AvgIpc) is 2.78. The van der Waals surface area contributed by atoms with Crippen LogP contribution in [0.15, 0.2) is 0 Å². The fourth-order valence-corrected chi connectivity index (χ4v) is 2.66. The standard InChI is InChI=1S/C12H21N3O3/c16-11(17)7-9-3-6-15(8-9)12(18)14-10-1-4-13-5-2-10/h9-10,13H,1-8H2,(H,14,18)(H,16,17). The summed E-state index contributed by atoms with van der Waals surface area (Å²) in [5, 5.41) is 15.0. The molecule has 0 saturated carbocycles. The number of rotatable bonds is 3. The molecule has 0 aromatic carbocycles. The van der Waals surface area contributed by atoms with Crippen molar-refractivity contribution in [2.24, 2.45) is 5.92 Å². The van der Waals surface area contributed by atoms with Crippen LogP contribution in [-0.2, 0) is 4.79 Å². The van der Waals surface area contributed by atoms with Gasteiger partial charge >= 0.3 is 12.0 Å². The first-order valence-corrected chi connectivity index (χ1v) is 6.63. The van der Waals surface area contributed by atoms with Gasteiger partial charge in [0.25, 0.3) is 0 Å². The van der Waals surface area contributed by atoms with E-state index < -0.39 is 5.97 Å². The van der Waals surface area contributed by atoms with E-state index in [0.717, 1.165) is 32.4 Å². The van der Waals surface area contributed by atoms with Crippen LogP contribution in [0.2, 0.25) is 0 Å². The second-order valence-corrected chi connectivity index (χ2v) is 5.17. The monoisotopic (exact) mass is 255 g/mol. The Morgan fingerprint density at radius 3 is 2.67 bits per heavy atom. The molecule has 0 aliphatic carbocycles. The minimum absolute atomic E-state index is 0.0326. The van der Waals surface area contributed by atoms with Crippen LogP contribution in [-0.4, -0.2) is 54.2 Å². The maximum atomic E-state index is 12.0. The summed E-state index contributed by atoms with van der Waals surface area (Å²) in [6.07, 6.45) is 2.90. The normalized spacial score (nSPS) is 25.1. The van der Waals surface area contributed by atoms with Crippen LogP contribution in [0.3, 0.4) is 0 Å². The van der Waals surface area contributed by atoms with Crippen molar-refractivity contribution in [3.63, 3.8) is 0 Å². The molecule has 2 saturated heterocycles. The number of nitrogens with one attached hydrogen (secondary N) is 2. The summed E-state index contributed by atoms with van der Waals surface area (Å²) < 4.78 is 0. The van der Waals surface area contributed by atoms with Crippen molar-refractivity contribution in [3.8, 4) is 0 Å². The molecule has 2 aliphatic rings. The van der Waals surface area contributed by atoms with E-state index in [9.17, 15) is 9.59 Å². The Kier molecular flexibility index (Phi) is 4.41. The lowest BCUT2D eigenvalue weighted by atomic mass is 10.1. The van der Waals surface area contributed by atoms with E-state index >= 15 is 0 Å². The number of hydrogen-bond donors (Lipinski definition) is 3. The highest BCUT2D eigenvalue weighted by atomic mass is 16.4. The third-order valence-corrected chi connectivity index (χ3v) is 3.70. The second kappa shape index (κ2) is 6.04. The lowest BCUT2D eigenvalue weighted by molar-refractivity contribution is -0.138. The summed E-state index contributed by atoms with van der Waals surface area (Å²) in [5.74, 6) is -0.665. The van der Waals surface area contributed by atoms with E-state index in [2.05, 4.69) is 10.6 Å². The van der Waals surface area contributed by atoms with Gasteiger partial charge in [-0.15, -0.1) is 0 Å². The molecular weight excluding hydrogens is 234 g/mol. The fraction of sp³-hybridized carbons (Fsp3) is 0.833. The summed E-state index contributed by atoms with van der Waals surface area (Å²) in [7, 11) is 0. The van der Waals surface area contributed by atoms with Crippen LogP contribution in [0, 0.1) is 5.92 Å². The van der Waals surface area contributed by atoms with Crippen LogP contribution in [0.25, 0.3) is 0 Å². The van der Waals surface area contributed by atoms with E-state index in [1.807, 2.05) is 0 Å². The molecule has 0 radical (unpaired) electrons. The molecule has 2 amide bonds. The second-order valence-electron chi connectivity index (χ2n) is 5.17. The van der Waals surface area contributed by atoms with Gasteiger partial charge in [0, 0.05) is 25.6 Å². The Balaban J connectivity index is 1.74. The summed E-state index contributed by atoms with van der Waals surface area (Å²) >= 11 is 0. The van der Waals surface area contributed by atoms with Gasteiger partial charge in [-0.2, -0.15) is 0 Å². The number of carboxylic acid groups (broad SMARTS) is 1. The molecule has 3 N–H and O–H groups in total. The van der Waals surface area contributed by atoms with Gasteiger partial charge in [0.15, 0.2) is 0 Å². The summed E-state index contributed by atoms with van der Waals surface area (Å²) in [5.41, 5.74) is 0. The van der Waals surface area contributed by atoms with Gasteiger partial charge in [-0.3, -0.25) is 4.79 Å². The molecule has 0 spiro atoms. The summed E-state index contributed by atoms with van der Waals surface area (Å²) in [6.45, 7) is 3.15. The predicted molar refractivity (Wildman–Crippen MR) is 66.4 cm³/mol. The van der Waals surface area contributed by atoms with Gasteiger partial charge < -0.3 is 20.6 Å². The third kappa shape index (κ3) is 3.60. The van der Waals surface area contributed by atoms with Crippen LogP contribution >= 0.6 is 0 Å². The third-order valence-electron chi connectivity index (χ3n) is 3.70. The van der Waals surface area contributed by atoms with Gasteiger partial charge in [0.05, 0.1) is 0 Å². The van der Waals surface area contributed by atoms with Crippen LogP contribution in [0.5, 0.6) is 0 Å². The fourth-order valence-electron chi connectivity index (χ4n) is 2.66. The van der Waals surface area contributed by atoms with Crippen molar-refractivity contribution in [1.29, 1.82) is 0 Å². The molecule has 2 heterocycles. The van der Waals surface area contributed by atoms with Gasteiger partial charge in [-0.25, -0.2) is 4.79 Å². The molecule has 2 aliphatic heterocycles. The number of carbonyl (C=O) groups is 2. The lowest BCUT2D eigenvalue weighted by Crippen LogP contribution is -2.47. The predicted octanol–water partition coefficient (Wildman–Crippen LogP) is 0.245. The largest absolute Gasteiger partial charge is 0.481 e. The van der Waals surface area contributed by atoms with Crippen LogP contribution in [0.1, 0.15) is 25.7 Å². The Bertz CT molecular complexity index is 316. The number of nitrogens with zero attached hydrogens (tertiary/aromatic N) is 1. The molecule has 2 rings (SSSR count). The quantitative estimate of drug-likeness (QED) is 0.675. The Hall–Kier alpha value is -1.30. The van der Waals surface area contributed by atoms with Crippen LogP contribution in [0.4, 0.5) is 4.79 Å². The molecule has 0 aromatic rings. The summed E-state index contributed by atoms with van der Waals surface area (Å²) in [6, 6.07) is 0.229. The van der Waals surface area contributed by atoms with Gasteiger partial charge in [-0.1, -0.05) is 0 Å². The first-order valence-electron chi connectivity index (χ1n) is 6.63. The van der Waals surface area contributed by atoms with Crippen molar-refractivity contribution in [2.45, 2.75) is 31.7 Å². The average molecular weight is 255 g/mol. The Morgan fingerprint density at radius 1 is 1.28 bits per heavy atom. The highest BCUT2D eigenvalue weighted by molar-refractivity contribution is 5.75. The van der Waals surface area contributed by atoms with Crippen molar-refractivity contribution in [3.05, 3.63) is 0 Å². The molecule has 102 valence electrons. The maximum Gasteiger partial charge on any atom is 0.317 e. The lowest BCUT2D eigenvalue weighted by Gasteiger charge is -2.26. The zero-order valence-corrected chi connectivity index (χ0v) is 10.5. The number of amides is 2. The highest BCUT2D eigenvalue weighted by Crippen LogP contribution is 2.19. The number of urea groups is 1. The molecule has 6 heteroatoms. The van der Waals surface area contributed by atoms with Gasteiger partial charge in [-0.05, 0) is 38.3 Å². The van der Waals surface area contributed by atoms with E-state index in [1.54, 1.807) is 4.90 Å². The number of likely N-dealkylation sites (tertiary alicyclic amines) is 1. The van der Waals surface area contributed by atoms with Crippen LogP contribution < -0.4 is 10.6 Å². The van der Waals surface area contributed by atoms with E-state index in [1.165, 1.54) is 0 Å². The van der Waals surface area contributed by atoms with Crippen molar-refractivity contribution in [1.82, 2.24) is 15.5 Å². The molecular formula is C12H21N3O3. The van der Waals surface area contributed by atoms with Crippen molar-refractivity contribution in [2.75, 3.05) is 26.2 Å². The maximum absolute atomic E-state index is 12.0. The zero-order valence-electron chi connectivity index (χ0n) is 10.5. The molecule has 6 nitrogen and oxygen atoms in total. The first-order chi connectivity index (χ1) is 8.65. The molecule has 1 atom stereocenters. The minimum atomic E-state index is -0.777. The first kappa shape index (κ1) is 13.1.